The molecule has 4 nitrogen and oxygen atoms in total. The Kier molecular flexibility index (Phi) is 7.60. The molecule has 0 saturated carbocycles. The average Bonchev–Trinajstić information content (AvgIpc) is 2.48. The molecular weight excluding hydrogens is 464 g/mol. The van der Waals surface area contributed by atoms with E-state index in [2.05, 4.69) is 26.2 Å². The van der Waals surface area contributed by atoms with Crippen LogP contribution in [0.25, 0.3) is 0 Å². The minimum atomic E-state index is -0.303. The maximum Gasteiger partial charge on any atom is 0.193 e. The van der Waals surface area contributed by atoms with Gasteiger partial charge in [-0.2, -0.15) is 0 Å². The van der Waals surface area contributed by atoms with Crippen molar-refractivity contribution in [3.63, 3.8) is 0 Å². The van der Waals surface area contributed by atoms with Crippen LogP contribution in [0.2, 0.25) is 0 Å². The summed E-state index contributed by atoms with van der Waals surface area (Å²) >= 11 is 3.35. The summed E-state index contributed by atoms with van der Waals surface area (Å²) in [5.74, 6) is 0.669. The second-order valence-corrected chi connectivity index (χ2v) is 5.15. The van der Waals surface area contributed by atoms with Gasteiger partial charge in [0.1, 0.15) is 11.6 Å². The lowest BCUT2D eigenvalue weighted by molar-refractivity contribution is 0.415. The molecule has 0 aliphatic heterocycles. The van der Waals surface area contributed by atoms with Crippen molar-refractivity contribution in [2.24, 2.45) is 10.7 Å². The fourth-order valence-corrected chi connectivity index (χ4v) is 2.10. The predicted octanol–water partition coefficient (Wildman–Crippen LogP) is 4.14. The minimum Gasteiger partial charge on any atom is -0.497 e. The number of halogens is 3. The van der Waals surface area contributed by atoms with E-state index >= 15 is 0 Å². The van der Waals surface area contributed by atoms with Crippen LogP contribution in [0.4, 0.5) is 10.1 Å². The zero-order valence-electron chi connectivity index (χ0n) is 11.8. The van der Waals surface area contributed by atoms with Gasteiger partial charge in [0.2, 0.25) is 0 Å². The van der Waals surface area contributed by atoms with Crippen LogP contribution < -0.4 is 15.8 Å². The first-order valence-corrected chi connectivity index (χ1v) is 7.02. The number of nitrogens with zero attached hydrogens (tertiary/aromatic N) is 1. The molecule has 0 fully saturated rings. The first-order chi connectivity index (χ1) is 10.1. The number of hydrogen-bond acceptors (Lipinski definition) is 2. The molecule has 0 spiro atoms. The molecule has 0 aliphatic carbocycles. The van der Waals surface area contributed by atoms with Gasteiger partial charge in [-0.1, -0.05) is 22.0 Å². The van der Waals surface area contributed by atoms with Crippen molar-refractivity contribution in [2.75, 3.05) is 12.4 Å². The molecule has 3 N–H and O–H groups in total. The summed E-state index contributed by atoms with van der Waals surface area (Å²) in [5.41, 5.74) is 7.32. The molecule has 0 amide bonds. The molecule has 118 valence electrons. The van der Waals surface area contributed by atoms with Crippen LogP contribution in [-0.2, 0) is 6.54 Å². The zero-order chi connectivity index (χ0) is 15.2. The van der Waals surface area contributed by atoms with Crippen molar-refractivity contribution in [3.8, 4) is 5.75 Å². The maximum absolute atomic E-state index is 13.2. The number of nitrogens with two attached hydrogens (primary N) is 1. The number of ether oxygens (including phenoxy) is 1. The van der Waals surface area contributed by atoms with Crippen LogP contribution in [-0.4, -0.2) is 13.1 Å². The first-order valence-electron chi connectivity index (χ1n) is 6.23. The number of anilines is 1. The number of nitrogens with one attached hydrogen (secondary N) is 1. The highest BCUT2D eigenvalue weighted by molar-refractivity contribution is 14.0. The van der Waals surface area contributed by atoms with E-state index in [-0.39, 0.29) is 42.3 Å². The molecular formula is C15H16BrFIN3O. The average molecular weight is 480 g/mol. The lowest BCUT2D eigenvalue weighted by atomic mass is 10.2. The Bertz CT molecular complexity index is 667. The second kappa shape index (κ2) is 8.94. The third kappa shape index (κ3) is 5.45. The Morgan fingerprint density at radius 3 is 2.82 bits per heavy atom. The van der Waals surface area contributed by atoms with Gasteiger partial charge < -0.3 is 15.8 Å². The maximum atomic E-state index is 13.2. The van der Waals surface area contributed by atoms with Crippen LogP contribution >= 0.6 is 39.9 Å². The van der Waals surface area contributed by atoms with Crippen molar-refractivity contribution in [1.82, 2.24) is 0 Å². The molecule has 22 heavy (non-hydrogen) atoms. The van der Waals surface area contributed by atoms with Crippen molar-refractivity contribution in [3.05, 3.63) is 58.3 Å². The van der Waals surface area contributed by atoms with Gasteiger partial charge in [-0.15, -0.1) is 24.0 Å². The number of benzene rings is 2. The van der Waals surface area contributed by atoms with E-state index in [0.29, 0.717) is 0 Å². The van der Waals surface area contributed by atoms with Gasteiger partial charge in [0, 0.05) is 16.2 Å². The number of hydrogen-bond donors (Lipinski definition) is 2. The highest BCUT2D eigenvalue weighted by Crippen LogP contribution is 2.19. The largest absolute Gasteiger partial charge is 0.497 e. The van der Waals surface area contributed by atoms with E-state index in [1.165, 1.54) is 12.1 Å². The molecule has 2 aromatic rings. The monoisotopic (exact) mass is 479 g/mol. The molecule has 0 bridgehead atoms. The smallest absolute Gasteiger partial charge is 0.193 e. The number of guanidine groups is 1. The van der Waals surface area contributed by atoms with Crippen molar-refractivity contribution >= 4 is 51.6 Å². The standard InChI is InChI=1S/C15H15BrFN3O.HI/c1-21-13-4-2-3-12(8-13)20-15(18)19-9-10-7-11(17)5-6-14(10)16;/h2-8H,9H2,1H3,(H3,18,19,20);1H. The van der Waals surface area contributed by atoms with E-state index in [4.69, 9.17) is 10.5 Å². The van der Waals surface area contributed by atoms with Gasteiger partial charge in [0.25, 0.3) is 0 Å². The van der Waals surface area contributed by atoms with Gasteiger partial charge >= 0.3 is 0 Å². The van der Waals surface area contributed by atoms with E-state index < -0.39 is 0 Å². The number of rotatable bonds is 4. The van der Waals surface area contributed by atoms with Crippen LogP contribution in [0.1, 0.15) is 5.56 Å². The summed E-state index contributed by atoms with van der Waals surface area (Å²) in [6.45, 7) is 0.279. The summed E-state index contributed by atoms with van der Waals surface area (Å²) in [5, 5.41) is 2.96. The zero-order valence-corrected chi connectivity index (χ0v) is 15.8. The normalized spacial score (nSPS) is 10.8. The van der Waals surface area contributed by atoms with E-state index in [1.807, 2.05) is 18.2 Å². The highest BCUT2D eigenvalue weighted by atomic mass is 127. The molecule has 0 atom stereocenters. The van der Waals surface area contributed by atoms with Gasteiger partial charge in [-0.25, -0.2) is 9.38 Å². The lowest BCUT2D eigenvalue weighted by Gasteiger charge is -2.08. The number of aliphatic imine (C=N–C) groups is 1. The molecule has 2 rings (SSSR count). The minimum absolute atomic E-state index is 0. The quantitative estimate of drug-likeness (QED) is 0.393. The summed E-state index contributed by atoms with van der Waals surface area (Å²) < 4.78 is 19.1. The highest BCUT2D eigenvalue weighted by Gasteiger charge is 2.02. The molecule has 7 heteroatoms. The molecule has 0 heterocycles. The van der Waals surface area contributed by atoms with Crippen LogP contribution in [0.15, 0.2) is 51.9 Å². The van der Waals surface area contributed by atoms with Crippen molar-refractivity contribution in [2.45, 2.75) is 6.54 Å². The van der Waals surface area contributed by atoms with E-state index in [1.54, 1.807) is 19.2 Å². The number of methoxy groups -OCH3 is 1. The Balaban J connectivity index is 0.00000242. The summed E-state index contributed by atoms with van der Waals surface area (Å²) in [7, 11) is 1.60. The van der Waals surface area contributed by atoms with Crippen LogP contribution in [0.3, 0.4) is 0 Å². The molecule has 2 aromatic carbocycles. The third-order valence-electron chi connectivity index (χ3n) is 2.77. The molecule has 0 aliphatic rings. The summed E-state index contributed by atoms with van der Waals surface area (Å²) in [6.07, 6.45) is 0. The van der Waals surface area contributed by atoms with Crippen LogP contribution in [0.5, 0.6) is 5.75 Å². The Morgan fingerprint density at radius 2 is 2.09 bits per heavy atom. The molecule has 0 radical (unpaired) electrons. The van der Waals surface area contributed by atoms with Gasteiger partial charge in [0.15, 0.2) is 5.96 Å². The SMILES string of the molecule is COc1cccc(NC(N)=NCc2cc(F)ccc2Br)c1.I. The second-order valence-electron chi connectivity index (χ2n) is 4.29. The topological polar surface area (TPSA) is 59.6 Å². The van der Waals surface area contributed by atoms with Gasteiger partial charge in [0.05, 0.1) is 13.7 Å². The first kappa shape index (κ1) is 18.7. The van der Waals surface area contributed by atoms with Gasteiger partial charge in [-0.3, -0.25) is 0 Å². The summed E-state index contributed by atoms with van der Waals surface area (Å²) in [4.78, 5) is 4.19. The molecule has 0 saturated heterocycles. The Morgan fingerprint density at radius 1 is 1.32 bits per heavy atom. The molecule has 0 aromatic heterocycles. The fraction of sp³-hybridized carbons (Fsp3) is 0.133. The van der Waals surface area contributed by atoms with Crippen molar-refractivity contribution < 1.29 is 9.13 Å². The van der Waals surface area contributed by atoms with E-state index in [0.717, 1.165) is 21.5 Å². The van der Waals surface area contributed by atoms with E-state index in [9.17, 15) is 4.39 Å². The third-order valence-corrected chi connectivity index (χ3v) is 3.54. The lowest BCUT2D eigenvalue weighted by Crippen LogP contribution is -2.22. The predicted molar refractivity (Wildman–Crippen MR) is 101 cm³/mol. The fourth-order valence-electron chi connectivity index (χ4n) is 1.72. The summed E-state index contributed by atoms with van der Waals surface area (Å²) in [6, 6.07) is 11.8. The Hall–Kier alpha value is -1.35. The molecule has 0 unspecified atom stereocenters. The Labute approximate surface area is 154 Å². The van der Waals surface area contributed by atoms with Crippen LogP contribution in [0, 0.1) is 5.82 Å². The van der Waals surface area contributed by atoms with Gasteiger partial charge in [-0.05, 0) is 35.9 Å². The van der Waals surface area contributed by atoms with Crippen molar-refractivity contribution in [1.29, 1.82) is 0 Å².